The van der Waals surface area contributed by atoms with E-state index in [1.807, 2.05) is 12.1 Å². The van der Waals surface area contributed by atoms with Crippen LogP contribution in [-0.2, 0) is 5.75 Å². The molecule has 0 aliphatic carbocycles. The second-order valence-corrected chi connectivity index (χ2v) is 7.44. The summed E-state index contributed by atoms with van der Waals surface area (Å²) in [5.41, 5.74) is 0.147. The van der Waals surface area contributed by atoms with Crippen molar-refractivity contribution >= 4 is 56.6 Å². The SMILES string of the molecule is O=C(O)c1cc(SCc2ccc(Br)s2)ccc1Cl. The lowest BCUT2D eigenvalue weighted by Gasteiger charge is -2.03. The van der Waals surface area contributed by atoms with Gasteiger partial charge in [0, 0.05) is 15.5 Å². The van der Waals surface area contributed by atoms with Crippen LogP contribution in [0.1, 0.15) is 15.2 Å². The maximum Gasteiger partial charge on any atom is 0.337 e. The van der Waals surface area contributed by atoms with Crippen LogP contribution in [-0.4, -0.2) is 11.1 Å². The molecule has 1 aromatic carbocycles. The normalized spacial score (nSPS) is 10.6. The highest BCUT2D eigenvalue weighted by Crippen LogP contribution is 2.31. The molecule has 2 rings (SSSR count). The molecule has 1 heterocycles. The molecule has 1 N–H and O–H groups in total. The van der Waals surface area contributed by atoms with Crippen LogP contribution in [0.15, 0.2) is 39.0 Å². The van der Waals surface area contributed by atoms with E-state index in [0.29, 0.717) is 0 Å². The Hall–Kier alpha value is -0.490. The summed E-state index contributed by atoms with van der Waals surface area (Å²) in [7, 11) is 0. The third kappa shape index (κ3) is 3.51. The van der Waals surface area contributed by atoms with Gasteiger partial charge in [0.15, 0.2) is 0 Å². The van der Waals surface area contributed by atoms with Crippen LogP contribution < -0.4 is 0 Å². The summed E-state index contributed by atoms with van der Waals surface area (Å²) in [5, 5.41) is 9.25. The van der Waals surface area contributed by atoms with Crippen LogP contribution in [0, 0.1) is 0 Å². The summed E-state index contributed by atoms with van der Waals surface area (Å²) < 4.78 is 1.10. The minimum atomic E-state index is -0.999. The van der Waals surface area contributed by atoms with Gasteiger partial charge in [0.25, 0.3) is 0 Å². The number of benzene rings is 1. The van der Waals surface area contributed by atoms with Crippen molar-refractivity contribution in [2.75, 3.05) is 0 Å². The zero-order valence-corrected chi connectivity index (χ0v) is 13.0. The van der Waals surface area contributed by atoms with Gasteiger partial charge in [-0.25, -0.2) is 4.79 Å². The van der Waals surface area contributed by atoms with E-state index in [-0.39, 0.29) is 10.6 Å². The molecule has 0 saturated carbocycles. The van der Waals surface area contributed by atoms with Gasteiger partial charge in [0.2, 0.25) is 0 Å². The molecule has 0 radical (unpaired) electrons. The largest absolute Gasteiger partial charge is 0.478 e. The predicted molar refractivity (Wildman–Crippen MR) is 80.0 cm³/mol. The fraction of sp³-hybridized carbons (Fsp3) is 0.0833. The number of rotatable bonds is 4. The monoisotopic (exact) mass is 362 g/mol. The lowest BCUT2D eigenvalue weighted by molar-refractivity contribution is 0.0697. The number of aromatic carboxylic acids is 1. The molecule has 0 fully saturated rings. The van der Waals surface area contributed by atoms with E-state index in [9.17, 15) is 4.79 Å². The molecule has 2 nitrogen and oxygen atoms in total. The van der Waals surface area contributed by atoms with Crippen molar-refractivity contribution in [2.24, 2.45) is 0 Å². The minimum absolute atomic E-state index is 0.147. The number of hydrogen-bond donors (Lipinski definition) is 1. The molecule has 0 bridgehead atoms. The van der Waals surface area contributed by atoms with E-state index in [2.05, 4.69) is 22.0 Å². The van der Waals surface area contributed by atoms with Gasteiger partial charge in [-0.1, -0.05) is 11.6 Å². The molecule has 0 unspecified atom stereocenters. The highest BCUT2D eigenvalue weighted by molar-refractivity contribution is 9.11. The molecule has 0 atom stereocenters. The molecule has 2 aromatic rings. The number of hydrogen-bond acceptors (Lipinski definition) is 3. The van der Waals surface area contributed by atoms with Crippen molar-refractivity contribution < 1.29 is 9.90 Å². The maximum atomic E-state index is 11.0. The minimum Gasteiger partial charge on any atom is -0.478 e. The number of halogens is 2. The maximum absolute atomic E-state index is 11.0. The third-order valence-corrected chi connectivity index (χ3v) is 5.36. The molecule has 0 spiro atoms. The number of thiophene rings is 1. The van der Waals surface area contributed by atoms with Crippen molar-refractivity contribution in [3.05, 3.63) is 49.6 Å². The average Bonchev–Trinajstić information content (AvgIpc) is 2.74. The molecule has 18 heavy (non-hydrogen) atoms. The van der Waals surface area contributed by atoms with Gasteiger partial charge in [-0.15, -0.1) is 23.1 Å². The van der Waals surface area contributed by atoms with Gasteiger partial charge in [0.05, 0.1) is 14.4 Å². The first kappa shape index (κ1) is 13.9. The molecule has 0 aliphatic rings. The van der Waals surface area contributed by atoms with E-state index in [4.69, 9.17) is 16.7 Å². The zero-order chi connectivity index (χ0) is 13.1. The van der Waals surface area contributed by atoms with E-state index >= 15 is 0 Å². The second kappa shape index (κ2) is 6.10. The highest BCUT2D eigenvalue weighted by Gasteiger charge is 2.09. The summed E-state index contributed by atoms with van der Waals surface area (Å²) in [6.45, 7) is 0. The first-order valence-electron chi connectivity index (χ1n) is 4.96. The number of carbonyl (C=O) groups is 1. The number of carboxylic acid groups (broad SMARTS) is 1. The molecular formula is C12H8BrClO2S2. The molecular weight excluding hydrogens is 356 g/mol. The van der Waals surface area contributed by atoms with Crippen LogP contribution >= 0.6 is 50.6 Å². The Kier molecular flexibility index (Phi) is 4.72. The Balaban J connectivity index is 2.10. The van der Waals surface area contributed by atoms with Crippen LogP contribution in [0.3, 0.4) is 0 Å². The summed E-state index contributed by atoms with van der Waals surface area (Å²) >= 11 is 12.5. The highest BCUT2D eigenvalue weighted by atomic mass is 79.9. The summed E-state index contributed by atoms with van der Waals surface area (Å²) in [4.78, 5) is 13.1. The molecule has 0 saturated heterocycles. The van der Waals surface area contributed by atoms with Crippen molar-refractivity contribution in [2.45, 2.75) is 10.6 Å². The van der Waals surface area contributed by atoms with Gasteiger partial charge in [-0.2, -0.15) is 0 Å². The van der Waals surface area contributed by atoms with E-state index < -0.39 is 5.97 Å². The van der Waals surface area contributed by atoms with Gasteiger partial charge in [-0.05, 0) is 46.3 Å². The smallest absolute Gasteiger partial charge is 0.337 e. The first-order chi connectivity index (χ1) is 8.56. The van der Waals surface area contributed by atoms with Gasteiger partial charge >= 0.3 is 5.97 Å². The first-order valence-corrected chi connectivity index (χ1v) is 7.93. The van der Waals surface area contributed by atoms with Crippen molar-refractivity contribution in [3.63, 3.8) is 0 Å². The van der Waals surface area contributed by atoms with Gasteiger partial charge in [-0.3, -0.25) is 0 Å². The number of thioether (sulfide) groups is 1. The van der Waals surface area contributed by atoms with Crippen LogP contribution in [0.4, 0.5) is 0 Å². The second-order valence-electron chi connectivity index (χ2n) is 3.44. The quantitative estimate of drug-likeness (QED) is 0.763. The summed E-state index contributed by atoms with van der Waals surface area (Å²) in [6.07, 6.45) is 0. The van der Waals surface area contributed by atoms with Crippen molar-refractivity contribution in [3.8, 4) is 0 Å². The predicted octanol–water partition coefficient (Wildman–Crippen LogP) is 5.15. The Morgan fingerprint density at radius 2 is 2.17 bits per heavy atom. The zero-order valence-electron chi connectivity index (χ0n) is 9.02. The topological polar surface area (TPSA) is 37.3 Å². The molecule has 0 amide bonds. The lowest BCUT2D eigenvalue weighted by atomic mass is 10.2. The summed E-state index contributed by atoms with van der Waals surface area (Å²) in [5.74, 6) is -0.182. The fourth-order valence-electron chi connectivity index (χ4n) is 1.34. The van der Waals surface area contributed by atoms with Crippen LogP contribution in [0.2, 0.25) is 5.02 Å². The average molecular weight is 364 g/mol. The van der Waals surface area contributed by atoms with Crippen LogP contribution in [0.25, 0.3) is 0 Å². The Morgan fingerprint density at radius 1 is 1.39 bits per heavy atom. The Morgan fingerprint density at radius 3 is 2.78 bits per heavy atom. The summed E-state index contributed by atoms with van der Waals surface area (Å²) in [6, 6.07) is 9.12. The lowest BCUT2D eigenvalue weighted by Crippen LogP contribution is -1.97. The van der Waals surface area contributed by atoms with E-state index in [1.165, 1.54) is 4.88 Å². The molecule has 0 aliphatic heterocycles. The molecule has 1 aromatic heterocycles. The fourth-order valence-corrected chi connectivity index (χ4v) is 4.00. The van der Waals surface area contributed by atoms with Gasteiger partial charge in [0.1, 0.15) is 0 Å². The molecule has 6 heteroatoms. The Bertz CT molecular complexity index is 583. The third-order valence-electron chi connectivity index (χ3n) is 2.18. The van der Waals surface area contributed by atoms with Crippen molar-refractivity contribution in [1.29, 1.82) is 0 Å². The number of carboxylic acids is 1. The van der Waals surface area contributed by atoms with E-state index in [0.717, 1.165) is 14.4 Å². The molecule has 94 valence electrons. The van der Waals surface area contributed by atoms with Crippen molar-refractivity contribution in [1.82, 2.24) is 0 Å². The van der Waals surface area contributed by atoms with Crippen LogP contribution in [0.5, 0.6) is 0 Å². The Labute approximate surface area is 126 Å². The van der Waals surface area contributed by atoms with E-state index in [1.54, 1.807) is 35.2 Å². The van der Waals surface area contributed by atoms with Gasteiger partial charge < -0.3 is 5.11 Å². The standard InChI is InChI=1S/C12H8BrClO2S2/c13-11-4-2-8(18-11)6-17-7-1-3-10(14)9(5-7)12(15)16/h1-5H,6H2,(H,15,16).